The predicted octanol–water partition coefficient (Wildman–Crippen LogP) is 3.52. The van der Waals surface area contributed by atoms with Crippen LogP contribution in [0.15, 0.2) is 42.5 Å². The quantitative estimate of drug-likeness (QED) is 0.911. The number of halogens is 2. The third-order valence-electron chi connectivity index (χ3n) is 3.55. The summed E-state index contributed by atoms with van der Waals surface area (Å²) in [5.74, 6) is -2.82. The molecule has 0 aromatic heterocycles. The highest BCUT2D eigenvalue weighted by molar-refractivity contribution is 6.02. The molecular formula is C18H18F2N2O2. The SMILES string of the molecule is CCc1ccccc1N(CC(=O)Nc1ccc(F)c(F)c1)C(C)=O. The number of benzene rings is 2. The van der Waals surface area contributed by atoms with Crippen LogP contribution in [0.1, 0.15) is 19.4 Å². The molecule has 0 aliphatic heterocycles. The molecule has 1 N–H and O–H groups in total. The van der Waals surface area contributed by atoms with Gasteiger partial charge in [-0.25, -0.2) is 8.78 Å². The zero-order valence-corrected chi connectivity index (χ0v) is 13.5. The summed E-state index contributed by atoms with van der Waals surface area (Å²) in [6, 6.07) is 10.4. The Morgan fingerprint density at radius 1 is 1.08 bits per heavy atom. The van der Waals surface area contributed by atoms with Crippen molar-refractivity contribution in [2.24, 2.45) is 0 Å². The molecule has 126 valence electrons. The van der Waals surface area contributed by atoms with E-state index < -0.39 is 17.5 Å². The lowest BCUT2D eigenvalue weighted by molar-refractivity contribution is -0.120. The van der Waals surface area contributed by atoms with Gasteiger partial charge in [-0.1, -0.05) is 25.1 Å². The predicted molar refractivity (Wildman–Crippen MR) is 88.8 cm³/mol. The standard InChI is InChI=1S/C18H18F2N2O2/c1-3-13-6-4-5-7-17(13)22(12(2)23)11-18(24)21-14-8-9-15(19)16(20)10-14/h4-10H,3,11H2,1-2H3,(H,21,24). The van der Waals surface area contributed by atoms with Gasteiger partial charge in [-0.3, -0.25) is 9.59 Å². The number of rotatable bonds is 5. The second-order valence-corrected chi connectivity index (χ2v) is 5.26. The maximum absolute atomic E-state index is 13.2. The molecule has 0 fully saturated rings. The summed E-state index contributed by atoms with van der Waals surface area (Å²) in [5, 5.41) is 2.46. The van der Waals surface area contributed by atoms with E-state index in [4.69, 9.17) is 0 Å². The summed E-state index contributed by atoms with van der Waals surface area (Å²) in [4.78, 5) is 25.5. The number of hydrogen-bond acceptors (Lipinski definition) is 2. The van der Waals surface area contributed by atoms with Crippen molar-refractivity contribution in [2.45, 2.75) is 20.3 Å². The van der Waals surface area contributed by atoms with Crippen LogP contribution < -0.4 is 10.2 Å². The first-order valence-electron chi connectivity index (χ1n) is 7.53. The lowest BCUT2D eigenvalue weighted by Gasteiger charge is -2.23. The van der Waals surface area contributed by atoms with Crippen LogP contribution in [-0.2, 0) is 16.0 Å². The Kier molecular flexibility index (Phi) is 5.63. The average Bonchev–Trinajstić information content (AvgIpc) is 2.56. The van der Waals surface area contributed by atoms with Crippen LogP contribution in [0, 0.1) is 11.6 Å². The van der Waals surface area contributed by atoms with E-state index in [0.717, 1.165) is 17.7 Å². The van der Waals surface area contributed by atoms with E-state index in [1.54, 1.807) is 12.1 Å². The Hall–Kier alpha value is -2.76. The lowest BCUT2D eigenvalue weighted by Crippen LogP contribution is -2.37. The number of nitrogens with one attached hydrogen (secondary N) is 1. The number of carbonyl (C=O) groups is 2. The zero-order valence-electron chi connectivity index (χ0n) is 13.5. The molecule has 0 bridgehead atoms. The number of anilines is 2. The Bertz CT molecular complexity index is 762. The van der Waals surface area contributed by atoms with Crippen molar-refractivity contribution in [3.05, 3.63) is 59.7 Å². The first kappa shape index (κ1) is 17.6. The highest BCUT2D eigenvalue weighted by atomic mass is 19.2. The molecule has 4 nitrogen and oxygen atoms in total. The Balaban J connectivity index is 2.17. The van der Waals surface area contributed by atoms with E-state index in [0.29, 0.717) is 12.1 Å². The van der Waals surface area contributed by atoms with Gasteiger partial charge in [0.1, 0.15) is 6.54 Å². The van der Waals surface area contributed by atoms with Crippen LogP contribution >= 0.6 is 0 Å². The van der Waals surface area contributed by atoms with Crippen molar-refractivity contribution < 1.29 is 18.4 Å². The van der Waals surface area contributed by atoms with Crippen molar-refractivity contribution in [2.75, 3.05) is 16.8 Å². The van der Waals surface area contributed by atoms with Gasteiger partial charge < -0.3 is 10.2 Å². The molecule has 0 saturated carbocycles. The number of aryl methyl sites for hydroxylation is 1. The fraction of sp³-hybridized carbons (Fsp3) is 0.222. The third-order valence-corrected chi connectivity index (χ3v) is 3.55. The zero-order chi connectivity index (χ0) is 17.7. The summed E-state index contributed by atoms with van der Waals surface area (Å²) >= 11 is 0. The van der Waals surface area contributed by atoms with Gasteiger partial charge in [-0.05, 0) is 30.2 Å². The molecule has 0 saturated heterocycles. The first-order chi connectivity index (χ1) is 11.4. The first-order valence-corrected chi connectivity index (χ1v) is 7.53. The maximum atomic E-state index is 13.2. The fourth-order valence-corrected chi connectivity index (χ4v) is 2.36. The second kappa shape index (κ2) is 7.68. The summed E-state index contributed by atoms with van der Waals surface area (Å²) in [6.45, 7) is 3.11. The minimum Gasteiger partial charge on any atom is -0.324 e. The van der Waals surface area contributed by atoms with Crippen molar-refractivity contribution >= 4 is 23.2 Å². The fourth-order valence-electron chi connectivity index (χ4n) is 2.36. The maximum Gasteiger partial charge on any atom is 0.244 e. The van der Waals surface area contributed by atoms with Crippen molar-refractivity contribution in [1.29, 1.82) is 0 Å². The Labute approximate surface area is 139 Å². The third kappa shape index (κ3) is 4.16. The van der Waals surface area contributed by atoms with Crippen LogP contribution in [0.5, 0.6) is 0 Å². The Morgan fingerprint density at radius 2 is 1.79 bits per heavy atom. The second-order valence-electron chi connectivity index (χ2n) is 5.26. The van der Waals surface area contributed by atoms with E-state index in [1.807, 2.05) is 19.1 Å². The van der Waals surface area contributed by atoms with E-state index in [2.05, 4.69) is 5.32 Å². The largest absolute Gasteiger partial charge is 0.324 e. The average molecular weight is 332 g/mol. The monoisotopic (exact) mass is 332 g/mol. The van der Waals surface area contributed by atoms with E-state index in [9.17, 15) is 18.4 Å². The Morgan fingerprint density at radius 3 is 2.42 bits per heavy atom. The molecule has 6 heteroatoms. The summed E-state index contributed by atoms with van der Waals surface area (Å²) in [5.41, 5.74) is 1.73. The molecule has 0 radical (unpaired) electrons. The number of carbonyl (C=O) groups excluding carboxylic acids is 2. The van der Waals surface area contributed by atoms with Crippen LogP contribution in [0.4, 0.5) is 20.2 Å². The van der Waals surface area contributed by atoms with Gasteiger partial charge in [0.05, 0.1) is 0 Å². The molecule has 2 amide bonds. The molecule has 0 atom stereocenters. The van der Waals surface area contributed by atoms with Crippen molar-refractivity contribution in [1.82, 2.24) is 0 Å². The van der Waals surface area contributed by atoms with Crippen LogP contribution in [0.25, 0.3) is 0 Å². The van der Waals surface area contributed by atoms with Gasteiger partial charge in [0.2, 0.25) is 11.8 Å². The molecule has 0 unspecified atom stereocenters. The smallest absolute Gasteiger partial charge is 0.244 e. The number of amides is 2. The number of para-hydroxylation sites is 1. The minimum absolute atomic E-state index is 0.131. The minimum atomic E-state index is -1.05. The molecule has 2 aromatic rings. The highest BCUT2D eigenvalue weighted by Gasteiger charge is 2.18. The number of nitrogens with zero attached hydrogens (tertiary/aromatic N) is 1. The molecule has 0 aliphatic carbocycles. The van der Waals surface area contributed by atoms with Gasteiger partial charge in [-0.15, -0.1) is 0 Å². The van der Waals surface area contributed by atoms with Gasteiger partial charge >= 0.3 is 0 Å². The normalized spacial score (nSPS) is 10.3. The van der Waals surface area contributed by atoms with Crippen molar-refractivity contribution in [3.8, 4) is 0 Å². The van der Waals surface area contributed by atoms with Gasteiger partial charge in [0.25, 0.3) is 0 Å². The van der Waals surface area contributed by atoms with Crippen molar-refractivity contribution in [3.63, 3.8) is 0 Å². The topological polar surface area (TPSA) is 49.4 Å². The molecular weight excluding hydrogens is 314 g/mol. The summed E-state index contributed by atoms with van der Waals surface area (Å²) < 4.78 is 26.1. The summed E-state index contributed by atoms with van der Waals surface area (Å²) in [7, 11) is 0. The van der Waals surface area contributed by atoms with Crippen LogP contribution in [-0.4, -0.2) is 18.4 Å². The van der Waals surface area contributed by atoms with Crippen LogP contribution in [0.3, 0.4) is 0 Å². The van der Waals surface area contributed by atoms with E-state index in [-0.39, 0.29) is 18.1 Å². The lowest BCUT2D eigenvalue weighted by atomic mass is 10.1. The van der Waals surface area contributed by atoms with Crippen LogP contribution in [0.2, 0.25) is 0 Å². The molecule has 24 heavy (non-hydrogen) atoms. The summed E-state index contributed by atoms with van der Waals surface area (Å²) in [6.07, 6.45) is 0.713. The molecule has 0 aliphatic rings. The molecule has 2 rings (SSSR count). The van der Waals surface area contributed by atoms with Gasteiger partial charge in [0.15, 0.2) is 11.6 Å². The molecule has 0 spiro atoms. The van der Waals surface area contributed by atoms with Gasteiger partial charge in [0, 0.05) is 24.4 Å². The molecule has 0 heterocycles. The highest BCUT2D eigenvalue weighted by Crippen LogP contribution is 2.21. The number of hydrogen-bond donors (Lipinski definition) is 1. The van der Waals surface area contributed by atoms with E-state index >= 15 is 0 Å². The molecule has 2 aromatic carbocycles. The van der Waals surface area contributed by atoms with Gasteiger partial charge in [-0.2, -0.15) is 0 Å². The van der Waals surface area contributed by atoms with E-state index in [1.165, 1.54) is 17.9 Å².